The second kappa shape index (κ2) is 5.04. The molecule has 1 heterocycles. The maximum absolute atomic E-state index is 11.8. The number of hydrogen-bond donors (Lipinski definition) is 3. The molecular weight excluding hydrogens is 238 g/mol. The SMILES string of the molecule is NC1(CNC(=O)c2ccc(Cl)cc2)CCNC1. The van der Waals surface area contributed by atoms with E-state index in [4.69, 9.17) is 17.3 Å². The molecule has 1 aliphatic rings. The van der Waals surface area contributed by atoms with Crippen LogP contribution in [0.1, 0.15) is 16.8 Å². The number of nitrogens with one attached hydrogen (secondary N) is 2. The first kappa shape index (κ1) is 12.4. The van der Waals surface area contributed by atoms with Crippen LogP contribution in [0.15, 0.2) is 24.3 Å². The Labute approximate surface area is 106 Å². The predicted octanol–water partition coefficient (Wildman–Crippen LogP) is 0.761. The molecule has 1 amide bonds. The number of rotatable bonds is 3. The van der Waals surface area contributed by atoms with E-state index in [0.29, 0.717) is 17.1 Å². The Morgan fingerprint density at radius 1 is 1.47 bits per heavy atom. The molecule has 0 radical (unpaired) electrons. The molecule has 4 nitrogen and oxygen atoms in total. The third-order valence-corrected chi connectivity index (χ3v) is 3.24. The van der Waals surface area contributed by atoms with Gasteiger partial charge in [0, 0.05) is 29.2 Å². The highest BCUT2D eigenvalue weighted by Crippen LogP contribution is 2.11. The van der Waals surface area contributed by atoms with Crippen molar-refractivity contribution in [2.75, 3.05) is 19.6 Å². The molecule has 92 valence electrons. The van der Waals surface area contributed by atoms with Gasteiger partial charge in [-0.15, -0.1) is 0 Å². The van der Waals surface area contributed by atoms with Crippen LogP contribution in [0.25, 0.3) is 0 Å². The van der Waals surface area contributed by atoms with Crippen molar-refractivity contribution in [3.63, 3.8) is 0 Å². The minimum Gasteiger partial charge on any atom is -0.350 e. The van der Waals surface area contributed by atoms with E-state index in [1.54, 1.807) is 24.3 Å². The van der Waals surface area contributed by atoms with Crippen molar-refractivity contribution in [1.29, 1.82) is 0 Å². The maximum Gasteiger partial charge on any atom is 0.251 e. The fraction of sp³-hybridized carbons (Fsp3) is 0.417. The summed E-state index contributed by atoms with van der Waals surface area (Å²) in [5.74, 6) is -0.113. The van der Waals surface area contributed by atoms with Crippen LogP contribution in [0.3, 0.4) is 0 Å². The predicted molar refractivity (Wildman–Crippen MR) is 68.2 cm³/mol. The van der Waals surface area contributed by atoms with E-state index in [9.17, 15) is 4.79 Å². The fourth-order valence-corrected chi connectivity index (χ4v) is 2.00. The topological polar surface area (TPSA) is 67.1 Å². The van der Waals surface area contributed by atoms with Crippen LogP contribution in [0.4, 0.5) is 0 Å². The molecule has 1 aliphatic heterocycles. The number of amides is 1. The zero-order chi connectivity index (χ0) is 12.3. The molecule has 1 saturated heterocycles. The molecule has 1 aromatic carbocycles. The van der Waals surface area contributed by atoms with Gasteiger partial charge in [-0.25, -0.2) is 0 Å². The molecule has 1 aromatic rings. The van der Waals surface area contributed by atoms with Gasteiger partial charge >= 0.3 is 0 Å². The molecule has 0 bridgehead atoms. The van der Waals surface area contributed by atoms with Crippen LogP contribution in [-0.2, 0) is 0 Å². The first-order valence-corrected chi connectivity index (χ1v) is 6.00. The summed E-state index contributed by atoms with van der Waals surface area (Å²) in [6.07, 6.45) is 0.883. The van der Waals surface area contributed by atoms with Gasteiger partial charge in [0.15, 0.2) is 0 Å². The minimum absolute atomic E-state index is 0.113. The first-order chi connectivity index (χ1) is 8.09. The van der Waals surface area contributed by atoms with Crippen LogP contribution in [-0.4, -0.2) is 31.1 Å². The number of benzene rings is 1. The zero-order valence-corrected chi connectivity index (χ0v) is 10.3. The van der Waals surface area contributed by atoms with Crippen molar-refractivity contribution >= 4 is 17.5 Å². The van der Waals surface area contributed by atoms with E-state index in [1.165, 1.54) is 0 Å². The Bertz CT molecular complexity index is 399. The number of carbonyl (C=O) groups is 1. The lowest BCUT2D eigenvalue weighted by Gasteiger charge is -2.22. The monoisotopic (exact) mass is 253 g/mol. The van der Waals surface area contributed by atoms with Gasteiger partial charge < -0.3 is 16.4 Å². The van der Waals surface area contributed by atoms with Gasteiger partial charge in [0.05, 0.1) is 0 Å². The van der Waals surface area contributed by atoms with E-state index in [1.807, 2.05) is 0 Å². The Morgan fingerprint density at radius 2 is 2.18 bits per heavy atom. The molecule has 5 heteroatoms. The summed E-state index contributed by atoms with van der Waals surface area (Å²) < 4.78 is 0. The highest BCUT2D eigenvalue weighted by atomic mass is 35.5. The van der Waals surface area contributed by atoms with E-state index in [0.717, 1.165) is 19.5 Å². The van der Waals surface area contributed by atoms with Crippen molar-refractivity contribution in [3.05, 3.63) is 34.9 Å². The molecule has 0 spiro atoms. The highest BCUT2D eigenvalue weighted by molar-refractivity contribution is 6.30. The Morgan fingerprint density at radius 3 is 2.76 bits per heavy atom. The standard InChI is InChI=1S/C12H16ClN3O/c13-10-3-1-9(2-4-10)11(17)16-8-12(14)5-6-15-7-12/h1-4,15H,5-8,14H2,(H,16,17). The Balaban J connectivity index is 1.91. The quantitative estimate of drug-likeness (QED) is 0.745. The molecule has 2 rings (SSSR count). The van der Waals surface area contributed by atoms with Crippen molar-refractivity contribution in [2.24, 2.45) is 5.73 Å². The highest BCUT2D eigenvalue weighted by Gasteiger charge is 2.29. The summed E-state index contributed by atoms with van der Waals surface area (Å²) in [6.45, 7) is 2.14. The molecule has 17 heavy (non-hydrogen) atoms. The molecule has 0 aliphatic carbocycles. The number of hydrogen-bond acceptors (Lipinski definition) is 3. The van der Waals surface area contributed by atoms with E-state index in [2.05, 4.69) is 10.6 Å². The third kappa shape index (κ3) is 3.19. The Kier molecular flexibility index (Phi) is 3.66. The van der Waals surface area contributed by atoms with Crippen molar-refractivity contribution in [1.82, 2.24) is 10.6 Å². The van der Waals surface area contributed by atoms with Gasteiger partial charge in [0.2, 0.25) is 0 Å². The van der Waals surface area contributed by atoms with Crippen molar-refractivity contribution < 1.29 is 4.79 Å². The molecule has 0 aromatic heterocycles. The average Bonchev–Trinajstić information content (AvgIpc) is 2.75. The summed E-state index contributed by atoms with van der Waals surface area (Å²) in [7, 11) is 0. The lowest BCUT2D eigenvalue weighted by atomic mass is 10.0. The molecule has 1 atom stereocenters. The molecule has 1 unspecified atom stereocenters. The van der Waals surface area contributed by atoms with Gasteiger partial charge in [-0.2, -0.15) is 0 Å². The maximum atomic E-state index is 11.8. The molecule has 4 N–H and O–H groups in total. The largest absolute Gasteiger partial charge is 0.350 e. The van der Waals surface area contributed by atoms with Crippen LogP contribution in [0, 0.1) is 0 Å². The van der Waals surface area contributed by atoms with Crippen molar-refractivity contribution in [2.45, 2.75) is 12.0 Å². The van der Waals surface area contributed by atoms with Crippen LogP contribution >= 0.6 is 11.6 Å². The van der Waals surface area contributed by atoms with Gasteiger partial charge in [-0.05, 0) is 37.2 Å². The molecule has 1 fully saturated rings. The van der Waals surface area contributed by atoms with Gasteiger partial charge in [0.1, 0.15) is 0 Å². The summed E-state index contributed by atoms with van der Waals surface area (Å²) >= 11 is 5.76. The zero-order valence-electron chi connectivity index (χ0n) is 9.50. The van der Waals surface area contributed by atoms with Gasteiger partial charge in [-0.1, -0.05) is 11.6 Å². The summed E-state index contributed by atoms with van der Waals surface area (Å²) in [6, 6.07) is 6.80. The second-order valence-corrected chi connectivity index (χ2v) is 4.92. The van der Waals surface area contributed by atoms with Gasteiger partial charge in [0.25, 0.3) is 5.91 Å². The summed E-state index contributed by atoms with van der Waals surface area (Å²) in [5.41, 5.74) is 6.39. The number of nitrogens with two attached hydrogens (primary N) is 1. The Hall–Kier alpha value is -1.10. The minimum atomic E-state index is -0.317. The lowest BCUT2D eigenvalue weighted by molar-refractivity contribution is 0.0945. The number of carbonyl (C=O) groups excluding carboxylic acids is 1. The van der Waals surface area contributed by atoms with E-state index >= 15 is 0 Å². The van der Waals surface area contributed by atoms with Crippen LogP contribution in [0.2, 0.25) is 5.02 Å². The van der Waals surface area contributed by atoms with Crippen molar-refractivity contribution in [3.8, 4) is 0 Å². The second-order valence-electron chi connectivity index (χ2n) is 4.48. The molecule has 0 saturated carbocycles. The number of halogens is 1. The fourth-order valence-electron chi connectivity index (χ4n) is 1.87. The van der Waals surface area contributed by atoms with Gasteiger partial charge in [-0.3, -0.25) is 4.79 Å². The third-order valence-electron chi connectivity index (χ3n) is 2.98. The normalized spacial score (nSPS) is 23.6. The average molecular weight is 254 g/mol. The van der Waals surface area contributed by atoms with E-state index in [-0.39, 0.29) is 11.4 Å². The van der Waals surface area contributed by atoms with Crippen LogP contribution < -0.4 is 16.4 Å². The lowest BCUT2D eigenvalue weighted by Crippen LogP contribution is -2.51. The first-order valence-electron chi connectivity index (χ1n) is 5.62. The van der Waals surface area contributed by atoms with Crippen LogP contribution in [0.5, 0.6) is 0 Å². The molecular formula is C12H16ClN3O. The smallest absolute Gasteiger partial charge is 0.251 e. The summed E-state index contributed by atoms with van der Waals surface area (Å²) in [4.78, 5) is 11.8. The van der Waals surface area contributed by atoms with E-state index < -0.39 is 0 Å². The summed E-state index contributed by atoms with van der Waals surface area (Å²) in [5, 5.41) is 6.67.